The molecule has 0 bridgehead atoms. The van der Waals surface area contributed by atoms with Crippen molar-refractivity contribution in [3.8, 4) is 5.75 Å². The molecule has 29 heavy (non-hydrogen) atoms. The predicted molar refractivity (Wildman–Crippen MR) is 114 cm³/mol. The van der Waals surface area contributed by atoms with E-state index in [4.69, 9.17) is 16.3 Å². The van der Waals surface area contributed by atoms with Gasteiger partial charge in [-0.05, 0) is 58.2 Å². The number of nitrogens with zero attached hydrogens (tertiary/aromatic N) is 1. The Bertz CT molecular complexity index is 888. The van der Waals surface area contributed by atoms with Crippen molar-refractivity contribution in [1.82, 2.24) is 10.7 Å². The second-order valence-electron chi connectivity index (χ2n) is 5.99. The Labute approximate surface area is 181 Å². The number of nitrogens with one attached hydrogen (secondary N) is 2. The summed E-state index contributed by atoms with van der Waals surface area (Å²) in [6.07, 6.45) is 3.11. The predicted octanol–water partition coefficient (Wildman–Crippen LogP) is 4.19. The van der Waals surface area contributed by atoms with E-state index in [1.165, 1.54) is 18.3 Å². The second-order valence-corrected chi connectivity index (χ2v) is 7.25. The summed E-state index contributed by atoms with van der Waals surface area (Å²) in [6, 6.07) is 9.50. The quantitative estimate of drug-likeness (QED) is 0.255. The van der Waals surface area contributed by atoms with Crippen LogP contribution in [0.15, 0.2) is 46.0 Å². The normalized spacial score (nSPS) is 10.8. The van der Waals surface area contributed by atoms with Gasteiger partial charge in [0.1, 0.15) is 18.2 Å². The van der Waals surface area contributed by atoms with Crippen LogP contribution in [-0.4, -0.2) is 24.6 Å². The molecule has 0 saturated carbocycles. The zero-order valence-corrected chi connectivity index (χ0v) is 18.0. The van der Waals surface area contributed by atoms with Gasteiger partial charge >= 0.3 is 11.8 Å². The SMILES string of the molecule is CCCCNC(=O)C(=O)N/N=C\c1ccc(OCc2c(F)cccc2Cl)c(Br)c1. The lowest BCUT2D eigenvalue weighted by Gasteiger charge is -2.10. The van der Waals surface area contributed by atoms with Crippen molar-refractivity contribution in [3.05, 3.63) is 62.8 Å². The minimum Gasteiger partial charge on any atom is -0.488 e. The molecule has 0 radical (unpaired) electrons. The summed E-state index contributed by atoms with van der Waals surface area (Å²) in [4.78, 5) is 23.2. The molecule has 0 saturated heterocycles. The molecular formula is C20H20BrClFN3O3. The fraction of sp³-hybridized carbons (Fsp3) is 0.250. The molecule has 0 aliphatic rings. The van der Waals surface area contributed by atoms with Gasteiger partial charge in [0, 0.05) is 12.1 Å². The molecule has 0 fully saturated rings. The minimum absolute atomic E-state index is 0.0270. The van der Waals surface area contributed by atoms with E-state index in [-0.39, 0.29) is 12.2 Å². The van der Waals surface area contributed by atoms with Gasteiger partial charge in [-0.3, -0.25) is 9.59 Å². The summed E-state index contributed by atoms with van der Waals surface area (Å²) >= 11 is 9.36. The van der Waals surface area contributed by atoms with Crippen molar-refractivity contribution in [2.75, 3.05) is 6.54 Å². The van der Waals surface area contributed by atoms with E-state index in [1.54, 1.807) is 24.3 Å². The van der Waals surface area contributed by atoms with Crippen molar-refractivity contribution in [1.29, 1.82) is 0 Å². The molecule has 0 heterocycles. The van der Waals surface area contributed by atoms with E-state index in [9.17, 15) is 14.0 Å². The van der Waals surface area contributed by atoms with Crippen molar-refractivity contribution < 1.29 is 18.7 Å². The van der Waals surface area contributed by atoms with E-state index in [1.807, 2.05) is 6.92 Å². The third-order valence-electron chi connectivity index (χ3n) is 3.79. The van der Waals surface area contributed by atoms with Gasteiger partial charge in [-0.15, -0.1) is 0 Å². The van der Waals surface area contributed by atoms with Crippen LogP contribution in [0.4, 0.5) is 4.39 Å². The summed E-state index contributed by atoms with van der Waals surface area (Å²) in [5, 5.41) is 6.55. The summed E-state index contributed by atoms with van der Waals surface area (Å²) < 4.78 is 20.0. The van der Waals surface area contributed by atoms with Crippen LogP contribution in [0.3, 0.4) is 0 Å². The Hall–Kier alpha value is -2.45. The Morgan fingerprint density at radius 1 is 1.28 bits per heavy atom. The standard InChI is InChI=1S/C20H20BrClFN3O3/c1-2-3-9-24-19(27)20(28)26-25-11-13-7-8-18(15(21)10-13)29-12-14-16(22)5-4-6-17(14)23/h4-8,10-11H,2-3,9,12H2,1H3,(H,24,27)(H,26,28)/b25-11-. The zero-order chi connectivity index (χ0) is 21.2. The molecule has 2 aromatic rings. The maximum Gasteiger partial charge on any atom is 0.329 e. The van der Waals surface area contributed by atoms with E-state index in [0.29, 0.717) is 27.4 Å². The first-order valence-corrected chi connectivity index (χ1v) is 10.1. The van der Waals surface area contributed by atoms with Gasteiger partial charge in [0.05, 0.1) is 15.7 Å². The lowest BCUT2D eigenvalue weighted by Crippen LogP contribution is -2.38. The molecule has 2 aromatic carbocycles. The van der Waals surface area contributed by atoms with Crippen LogP contribution in [0.25, 0.3) is 0 Å². The first-order valence-electron chi connectivity index (χ1n) is 8.88. The first-order chi connectivity index (χ1) is 13.9. The number of rotatable bonds is 8. The maximum absolute atomic E-state index is 13.8. The third-order valence-corrected chi connectivity index (χ3v) is 4.77. The number of carbonyl (C=O) groups is 2. The highest BCUT2D eigenvalue weighted by Crippen LogP contribution is 2.28. The fourth-order valence-electron chi connectivity index (χ4n) is 2.21. The van der Waals surface area contributed by atoms with Crippen molar-refractivity contribution >= 4 is 45.6 Å². The Morgan fingerprint density at radius 3 is 2.76 bits per heavy atom. The lowest BCUT2D eigenvalue weighted by atomic mass is 10.2. The number of hydrazone groups is 1. The van der Waals surface area contributed by atoms with Gasteiger partial charge in [0.15, 0.2) is 0 Å². The number of ether oxygens (including phenoxy) is 1. The molecule has 0 aliphatic heterocycles. The molecule has 6 nitrogen and oxygen atoms in total. The van der Waals surface area contributed by atoms with Crippen LogP contribution in [0.1, 0.15) is 30.9 Å². The van der Waals surface area contributed by atoms with E-state index >= 15 is 0 Å². The van der Waals surface area contributed by atoms with Crippen LogP contribution >= 0.6 is 27.5 Å². The van der Waals surface area contributed by atoms with Gasteiger partial charge in [-0.2, -0.15) is 5.10 Å². The first kappa shape index (κ1) is 22.8. The van der Waals surface area contributed by atoms with Crippen LogP contribution in [0.2, 0.25) is 5.02 Å². The largest absolute Gasteiger partial charge is 0.488 e. The van der Waals surface area contributed by atoms with E-state index in [0.717, 1.165) is 12.8 Å². The summed E-state index contributed by atoms with van der Waals surface area (Å²) in [5.74, 6) is -1.52. The van der Waals surface area contributed by atoms with Gasteiger partial charge in [-0.1, -0.05) is 31.0 Å². The Morgan fingerprint density at radius 2 is 2.07 bits per heavy atom. The molecule has 2 N–H and O–H groups in total. The number of halogens is 3. The highest BCUT2D eigenvalue weighted by atomic mass is 79.9. The van der Waals surface area contributed by atoms with Crippen LogP contribution in [0, 0.1) is 5.82 Å². The Kier molecular flexibility index (Phi) is 9.08. The molecule has 0 aromatic heterocycles. The van der Waals surface area contributed by atoms with E-state index < -0.39 is 17.6 Å². The number of carbonyl (C=O) groups excluding carboxylic acids is 2. The highest BCUT2D eigenvalue weighted by Gasteiger charge is 2.11. The summed E-state index contributed by atoms with van der Waals surface area (Å²) in [6.45, 7) is 2.40. The number of unbranched alkanes of at least 4 members (excludes halogenated alkanes) is 1. The molecule has 0 spiro atoms. The molecule has 0 aliphatic carbocycles. The molecule has 2 amide bonds. The lowest BCUT2D eigenvalue weighted by molar-refractivity contribution is -0.139. The van der Waals surface area contributed by atoms with Gasteiger partial charge in [0.25, 0.3) is 0 Å². The minimum atomic E-state index is -0.835. The molecule has 154 valence electrons. The Balaban J connectivity index is 1.91. The van der Waals surface area contributed by atoms with Crippen molar-refractivity contribution in [2.45, 2.75) is 26.4 Å². The molecule has 0 unspecified atom stereocenters. The molecule has 0 atom stereocenters. The molecule has 9 heteroatoms. The van der Waals surface area contributed by atoms with E-state index in [2.05, 4.69) is 31.8 Å². The molecule has 2 rings (SSSR count). The van der Waals surface area contributed by atoms with Gasteiger partial charge in [0.2, 0.25) is 0 Å². The molecular weight excluding hydrogens is 465 g/mol. The summed E-state index contributed by atoms with van der Waals surface area (Å²) in [5.41, 5.74) is 3.09. The van der Waals surface area contributed by atoms with Crippen LogP contribution in [-0.2, 0) is 16.2 Å². The topological polar surface area (TPSA) is 79.8 Å². The monoisotopic (exact) mass is 483 g/mol. The average molecular weight is 485 g/mol. The van der Waals surface area contributed by atoms with Crippen molar-refractivity contribution in [3.63, 3.8) is 0 Å². The fourth-order valence-corrected chi connectivity index (χ4v) is 2.94. The third kappa shape index (κ3) is 7.14. The summed E-state index contributed by atoms with van der Waals surface area (Å²) in [7, 11) is 0. The number of hydrogen-bond donors (Lipinski definition) is 2. The maximum atomic E-state index is 13.8. The second kappa shape index (κ2) is 11.5. The smallest absolute Gasteiger partial charge is 0.329 e. The number of hydrogen-bond acceptors (Lipinski definition) is 4. The van der Waals surface area contributed by atoms with Crippen LogP contribution < -0.4 is 15.5 Å². The van der Waals surface area contributed by atoms with Crippen LogP contribution in [0.5, 0.6) is 5.75 Å². The van der Waals surface area contributed by atoms with Crippen molar-refractivity contribution in [2.24, 2.45) is 5.10 Å². The number of amides is 2. The average Bonchev–Trinajstić information content (AvgIpc) is 2.69. The zero-order valence-electron chi connectivity index (χ0n) is 15.7. The number of benzene rings is 2. The highest BCUT2D eigenvalue weighted by molar-refractivity contribution is 9.10. The van der Waals surface area contributed by atoms with Gasteiger partial charge in [-0.25, -0.2) is 9.82 Å². The van der Waals surface area contributed by atoms with Gasteiger partial charge < -0.3 is 10.1 Å².